The highest BCUT2D eigenvalue weighted by Crippen LogP contribution is 2.22. The molecular weight excluding hydrogens is 322 g/mol. The lowest BCUT2D eigenvalue weighted by atomic mass is 10.2. The van der Waals surface area contributed by atoms with Crippen LogP contribution in [0.25, 0.3) is 10.9 Å². The molecule has 0 fully saturated rings. The van der Waals surface area contributed by atoms with Gasteiger partial charge >= 0.3 is 0 Å². The standard InChI is InChI=1S/C19H20ClN3O/c1-13(2)24-15-9-7-14(8-10-15)12-21-19-16-5-3-4-6-17(16)22-18(11-20)23-19/h3-10,13H,11-12H2,1-2H3,(H,21,22,23). The molecule has 0 spiro atoms. The Hall–Kier alpha value is -2.33. The van der Waals surface area contributed by atoms with Gasteiger partial charge in [-0.25, -0.2) is 9.97 Å². The molecule has 1 N–H and O–H groups in total. The fourth-order valence-electron chi connectivity index (χ4n) is 2.46. The van der Waals surface area contributed by atoms with Crippen molar-refractivity contribution in [1.82, 2.24) is 9.97 Å². The number of nitrogens with zero attached hydrogens (tertiary/aromatic N) is 2. The Morgan fingerprint density at radius 2 is 1.79 bits per heavy atom. The average Bonchev–Trinajstić information content (AvgIpc) is 2.60. The van der Waals surface area contributed by atoms with Crippen LogP contribution in [-0.2, 0) is 12.4 Å². The first-order valence-corrected chi connectivity index (χ1v) is 8.50. The molecule has 0 unspecified atom stereocenters. The Morgan fingerprint density at radius 1 is 1.04 bits per heavy atom. The van der Waals surface area contributed by atoms with Crippen molar-refractivity contribution in [2.24, 2.45) is 0 Å². The molecule has 0 amide bonds. The number of rotatable bonds is 6. The van der Waals surface area contributed by atoms with Crippen molar-refractivity contribution in [3.05, 3.63) is 59.9 Å². The van der Waals surface area contributed by atoms with Crippen molar-refractivity contribution in [3.63, 3.8) is 0 Å². The van der Waals surface area contributed by atoms with E-state index in [1.165, 1.54) is 0 Å². The van der Waals surface area contributed by atoms with E-state index in [-0.39, 0.29) is 6.10 Å². The molecule has 1 aromatic heterocycles. The summed E-state index contributed by atoms with van der Waals surface area (Å²) in [4.78, 5) is 8.96. The molecule has 3 rings (SSSR count). The number of nitrogens with one attached hydrogen (secondary N) is 1. The highest BCUT2D eigenvalue weighted by molar-refractivity contribution is 6.16. The molecule has 0 bridgehead atoms. The molecule has 0 radical (unpaired) electrons. The Kier molecular flexibility index (Phi) is 5.16. The molecule has 3 aromatic rings. The van der Waals surface area contributed by atoms with Crippen LogP contribution in [0.1, 0.15) is 25.2 Å². The maximum absolute atomic E-state index is 5.91. The topological polar surface area (TPSA) is 47.0 Å². The number of hydrogen-bond donors (Lipinski definition) is 1. The molecule has 24 heavy (non-hydrogen) atoms. The first kappa shape index (κ1) is 16.5. The second-order valence-corrected chi connectivity index (χ2v) is 6.07. The van der Waals surface area contributed by atoms with E-state index in [0.717, 1.165) is 28.0 Å². The van der Waals surface area contributed by atoms with Crippen LogP contribution in [0.2, 0.25) is 0 Å². The predicted molar refractivity (Wildman–Crippen MR) is 98.6 cm³/mol. The number of benzene rings is 2. The molecule has 0 saturated carbocycles. The quantitative estimate of drug-likeness (QED) is 0.656. The molecule has 0 aliphatic heterocycles. The van der Waals surface area contributed by atoms with Crippen molar-refractivity contribution in [1.29, 1.82) is 0 Å². The molecule has 0 saturated heterocycles. The number of halogens is 1. The largest absolute Gasteiger partial charge is 0.491 e. The van der Waals surface area contributed by atoms with Crippen LogP contribution in [0.3, 0.4) is 0 Å². The fraction of sp³-hybridized carbons (Fsp3) is 0.263. The molecule has 0 atom stereocenters. The second kappa shape index (κ2) is 7.49. The van der Waals surface area contributed by atoms with Gasteiger partial charge in [-0.05, 0) is 43.7 Å². The molecule has 124 valence electrons. The third-order valence-electron chi connectivity index (χ3n) is 3.52. The lowest BCUT2D eigenvalue weighted by molar-refractivity contribution is 0.242. The summed E-state index contributed by atoms with van der Waals surface area (Å²) in [6.07, 6.45) is 0.176. The van der Waals surface area contributed by atoms with Crippen LogP contribution >= 0.6 is 11.6 Å². The molecule has 5 heteroatoms. The maximum atomic E-state index is 5.91. The zero-order chi connectivity index (χ0) is 16.9. The fourth-order valence-corrected chi connectivity index (χ4v) is 2.58. The van der Waals surface area contributed by atoms with Crippen molar-refractivity contribution < 1.29 is 4.74 Å². The van der Waals surface area contributed by atoms with E-state index in [2.05, 4.69) is 27.4 Å². The zero-order valence-corrected chi connectivity index (χ0v) is 14.5. The number of fused-ring (bicyclic) bond motifs is 1. The minimum Gasteiger partial charge on any atom is -0.491 e. The van der Waals surface area contributed by atoms with Gasteiger partial charge in [-0.1, -0.05) is 24.3 Å². The number of ether oxygens (including phenoxy) is 1. The summed E-state index contributed by atoms with van der Waals surface area (Å²) in [5.41, 5.74) is 2.05. The van der Waals surface area contributed by atoms with Crippen molar-refractivity contribution in [2.75, 3.05) is 5.32 Å². The molecule has 2 aromatic carbocycles. The van der Waals surface area contributed by atoms with Gasteiger partial charge in [0, 0.05) is 11.9 Å². The predicted octanol–water partition coefficient (Wildman–Crippen LogP) is 4.77. The van der Waals surface area contributed by atoms with E-state index >= 15 is 0 Å². The highest BCUT2D eigenvalue weighted by atomic mass is 35.5. The SMILES string of the molecule is CC(C)Oc1ccc(CNc2nc(CCl)nc3ccccc23)cc1. The Balaban J connectivity index is 1.78. The van der Waals surface area contributed by atoms with Crippen molar-refractivity contribution in [3.8, 4) is 5.75 Å². The molecule has 4 nitrogen and oxygen atoms in total. The summed E-state index contributed by atoms with van der Waals surface area (Å²) < 4.78 is 5.66. The third-order valence-corrected chi connectivity index (χ3v) is 3.76. The van der Waals surface area contributed by atoms with Gasteiger partial charge in [0.25, 0.3) is 0 Å². The average molecular weight is 342 g/mol. The van der Waals surface area contributed by atoms with E-state index in [9.17, 15) is 0 Å². The van der Waals surface area contributed by atoms with Gasteiger partial charge in [-0.3, -0.25) is 0 Å². The number of alkyl halides is 1. The van der Waals surface area contributed by atoms with Crippen LogP contribution in [0.5, 0.6) is 5.75 Å². The van der Waals surface area contributed by atoms with Crippen LogP contribution in [0.4, 0.5) is 5.82 Å². The van der Waals surface area contributed by atoms with Crippen molar-refractivity contribution in [2.45, 2.75) is 32.4 Å². The van der Waals surface area contributed by atoms with Crippen LogP contribution < -0.4 is 10.1 Å². The van der Waals surface area contributed by atoms with E-state index in [4.69, 9.17) is 16.3 Å². The van der Waals surface area contributed by atoms with Gasteiger partial charge in [0.05, 0.1) is 17.5 Å². The van der Waals surface area contributed by atoms with Crippen LogP contribution in [-0.4, -0.2) is 16.1 Å². The van der Waals surface area contributed by atoms with E-state index in [0.29, 0.717) is 18.2 Å². The summed E-state index contributed by atoms with van der Waals surface area (Å²) in [5, 5.41) is 4.38. The second-order valence-electron chi connectivity index (χ2n) is 5.80. The Morgan fingerprint density at radius 3 is 2.50 bits per heavy atom. The summed E-state index contributed by atoms with van der Waals surface area (Å²) in [6, 6.07) is 16.0. The summed E-state index contributed by atoms with van der Waals surface area (Å²) in [5.74, 6) is 2.60. The van der Waals surface area contributed by atoms with Gasteiger partial charge in [-0.15, -0.1) is 11.6 Å². The van der Waals surface area contributed by atoms with Gasteiger partial charge in [0.1, 0.15) is 17.4 Å². The lowest BCUT2D eigenvalue weighted by Gasteiger charge is -2.12. The molecule has 0 aliphatic carbocycles. The summed E-state index contributed by atoms with van der Waals surface area (Å²) in [6.45, 7) is 4.71. The van der Waals surface area contributed by atoms with Crippen molar-refractivity contribution >= 4 is 28.3 Å². The minimum absolute atomic E-state index is 0.176. The minimum atomic E-state index is 0.176. The van der Waals surface area contributed by atoms with Crippen LogP contribution in [0, 0.1) is 0 Å². The zero-order valence-electron chi connectivity index (χ0n) is 13.8. The van der Waals surface area contributed by atoms with Gasteiger partial charge < -0.3 is 10.1 Å². The first-order chi connectivity index (χ1) is 11.7. The Labute approximate surface area is 146 Å². The molecule has 1 heterocycles. The smallest absolute Gasteiger partial charge is 0.146 e. The first-order valence-electron chi connectivity index (χ1n) is 7.97. The van der Waals surface area contributed by atoms with Gasteiger partial charge in [0.15, 0.2) is 0 Å². The monoisotopic (exact) mass is 341 g/mol. The normalized spacial score (nSPS) is 11.0. The highest BCUT2D eigenvalue weighted by Gasteiger charge is 2.07. The lowest BCUT2D eigenvalue weighted by Crippen LogP contribution is -2.06. The number of para-hydroxylation sites is 1. The number of hydrogen-bond acceptors (Lipinski definition) is 4. The molecule has 0 aliphatic rings. The number of anilines is 1. The summed E-state index contributed by atoms with van der Waals surface area (Å²) in [7, 11) is 0. The van der Waals surface area contributed by atoms with E-state index in [1.807, 2.05) is 50.2 Å². The summed E-state index contributed by atoms with van der Waals surface area (Å²) >= 11 is 5.91. The van der Waals surface area contributed by atoms with E-state index in [1.54, 1.807) is 0 Å². The van der Waals surface area contributed by atoms with Crippen LogP contribution in [0.15, 0.2) is 48.5 Å². The maximum Gasteiger partial charge on any atom is 0.146 e. The Bertz CT molecular complexity index is 818. The van der Waals surface area contributed by atoms with E-state index < -0.39 is 0 Å². The number of aromatic nitrogens is 2. The van der Waals surface area contributed by atoms with Gasteiger partial charge in [-0.2, -0.15) is 0 Å². The molecular formula is C19H20ClN3O. The third kappa shape index (κ3) is 3.95. The van der Waals surface area contributed by atoms with Gasteiger partial charge in [0.2, 0.25) is 0 Å².